The summed E-state index contributed by atoms with van der Waals surface area (Å²) in [5.74, 6) is 2.13. The van der Waals surface area contributed by atoms with Gasteiger partial charge in [0.2, 0.25) is 0 Å². The van der Waals surface area contributed by atoms with E-state index in [1.807, 2.05) is 6.92 Å². The van der Waals surface area contributed by atoms with Crippen LogP contribution in [0.1, 0.15) is 42.8 Å². The van der Waals surface area contributed by atoms with Crippen molar-refractivity contribution in [1.82, 2.24) is 20.4 Å². The molecule has 1 atom stereocenters. The van der Waals surface area contributed by atoms with E-state index in [0.29, 0.717) is 25.7 Å². The molecule has 0 aliphatic rings. The highest BCUT2D eigenvalue weighted by Gasteiger charge is 2.09. The van der Waals surface area contributed by atoms with Crippen molar-refractivity contribution in [2.45, 2.75) is 54.1 Å². The monoisotopic (exact) mass is 557 g/mol. The minimum atomic E-state index is 0. The van der Waals surface area contributed by atoms with Gasteiger partial charge in [0.15, 0.2) is 5.96 Å². The van der Waals surface area contributed by atoms with E-state index in [-0.39, 0.29) is 24.0 Å². The maximum absolute atomic E-state index is 5.99. The number of nitrogens with one attached hydrogen (secondary N) is 2. The van der Waals surface area contributed by atoms with Crippen molar-refractivity contribution in [3.05, 3.63) is 46.8 Å². The van der Waals surface area contributed by atoms with Crippen molar-refractivity contribution in [1.29, 1.82) is 0 Å². The average molecular weight is 558 g/mol. The number of rotatable bonds is 12. The van der Waals surface area contributed by atoms with Gasteiger partial charge in [-0.15, -0.1) is 24.0 Å². The molecule has 0 fully saturated rings. The summed E-state index contributed by atoms with van der Waals surface area (Å²) in [5, 5.41) is 11.4. The third-order valence-electron chi connectivity index (χ3n) is 4.93. The molecule has 1 heterocycles. The molecule has 2 N–H and O–H groups in total. The lowest BCUT2D eigenvalue weighted by Gasteiger charge is -2.17. The second-order valence-electron chi connectivity index (χ2n) is 8.10. The number of guanidine groups is 1. The van der Waals surface area contributed by atoms with Crippen molar-refractivity contribution >= 4 is 29.9 Å². The van der Waals surface area contributed by atoms with Crippen LogP contribution in [0.2, 0.25) is 0 Å². The van der Waals surface area contributed by atoms with Crippen molar-refractivity contribution in [2.75, 3.05) is 33.4 Å². The topological polar surface area (TPSA) is 72.7 Å². The minimum absolute atomic E-state index is 0. The summed E-state index contributed by atoms with van der Waals surface area (Å²) in [6.07, 6.45) is 0.866. The van der Waals surface area contributed by atoms with E-state index < -0.39 is 0 Å². The first kappa shape index (κ1) is 28.2. The van der Waals surface area contributed by atoms with Crippen LogP contribution in [0.15, 0.2) is 29.3 Å². The van der Waals surface area contributed by atoms with E-state index in [2.05, 4.69) is 72.4 Å². The van der Waals surface area contributed by atoms with Gasteiger partial charge in [0.1, 0.15) is 5.75 Å². The van der Waals surface area contributed by atoms with Crippen LogP contribution in [0.3, 0.4) is 0 Å². The Labute approximate surface area is 210 Å². The van der Waals surface area contributed by atoms with Crippen molar-refractivity contribution in [2.24, 2.45) is 10.9 Å². The Bertz CT molecular complexity index is 838. The molecule has 0 saturated heterocycles. The number of halogens is 1. The predicted molar refractivity (Wildman–Crippen MR) is 142 cm³/mol. The highest BCUT2D eigenvalue weighted by Crippen LogP contribution is 2.21. The summed E-state index contributed by atoms with van der Waals surface area (Å²) < 4.78 is 13.2. The summed E-state index contributed by atoms with van der Waals surface area (Å²) in [6, 6.07) is 8.39. The van der Waals surface area contributed by atoms with Crippen LogP contribution >= 0.6 is 24.0 Å². The lowest BCUT2D eigenvalue weighted by molar-refractivity contribution is 0.172. The summed E-state index contributed by atoms with van der Waals surface area (Å²) in [7, 11) is 1.71. The molecule has 180 valence electrons. The number of hydrogen-bond donors (Lipinski definition) is 2. The van der Waals surface area contributed by atoms with Crippen LogP contribution in [-0.4, -0.2) is 49.2 Å². The van der Waals surface area contributed by atoms with Crippen LogP contribution in [0.4, 0.5) is 0 Å². The zero-order valence-electron chi connectivity index (χ0n) is 20.4. The molecule has 1 unspecified atom stereocenters. The fourth-order valence-electron chi connectivity index (χ4n) is 3.31. The first-order chi connectivity index (χ1) is 14.9. The standard InChI is InChI=1S/C24H39N5O2.HI/c1-7-25-24(26-15-19(3)17-29-21(5)14-20(4)28-29)27-16-22-10-9-18(2)13-23(22)31-12-8-11-30-6;/h9-10,13-14,19H,7-8,11-12,15-17H2,1-6H3,(H2,25,26,27);1H. The highest BCUT2D eigenvalue weighted by atomic mass is 127. The number of aromatic nitrogens is 2. The molecule has 32 heavy (non-hydrogen) atoms. The van der Waals surface area contributed by atoms with Crippen LogP contribution < -0.4 is 15.4 Å². The Kier molecular flexibility index (Phi) is 13.3. The molecule has 0 saturated carbocycles. The number of hydrogen-bond acceptors (Lipinski definition) is 4. The SMILES string of the molecule is CCNC(=NCc1ccc(C)cc1OCCCOC)NCC(C)Cn1nc(C)cc1C.I. The van der Waals surface area contributed by atoms with Gasteiger partial charge in [0.05, 0.1) is 18.8 Å². The third-order valence-corrected chi connectivity index (χ3v) is 4.93. The summed E-state index contributed by atoms with van der Waals surface area (Å²) >= 11 is 0. The van der Waals surface area contributed by atoms with Gasteiger partial charge in [-0.3, -0.25) is 4.68 Å². The number of ether oxygens (including phenoxy) is 2. The Morgan fingerprint density at radius 2 is 1.94 bits per heavy atom. The van der Waals surface area contributed by atoms with Gasteiger partial charge in [0.25, 0.3) is 0 Å². The van der Waals surface area contributed by atoms with E-state index >= 15 is 0 Å². The molecular weight excluding hydrogens is 517 g/mol. The Balaban J connectivity index is 0.00000512. The first-order valence-electron chi connectivity index (χ1n) is 11.2. The number of aryl methyl sites for hydroxylation is 3. The van der Waals surface area contributed by atoms with Crippen LogP contribution in [-0.2, 0) is 17.8 Å². The number of methoxy groups -OCH3 is 1. The van der Waals surface area contributed by atoms with Gasteiger partial charge >= 0.3 is 0 Å². The van der Waals surface area contributed by atoms with Gasteiger partial charge in [-0.1, -0.05) is 19.1 Å². The smallest absolute Gasteiger partial charge is 0.191 e. The van der Waals surface area contributed by atoms with E-state index in [1.54, 1.807) is 7.11 Å². The Morgan fingerprint density at radius 3 is 2.59 bits per heavy atom. The zero-order chi connectivity index (χ0) is 22.6. The largest absolute Gasteiger partial charge is 0.493 e. The summed E-state index contributed by atoms with van der Waals surface area (Å²) in [4.78, 5) is 4.79. The molecule has 0 aliphatic carbocycles. The molecule has 1 aromatic heterocycles. The van der Waals surface area contributed by atoms with E-state index in [1.165, 1.54) is 11.3 Å². The summed E-state index contributed by atoms with van der Waals surface area (Å²) in [5.41, 5.74) is 4.52. The molecule has 0 spiro atoms. The number of nitrogens with zero attached hydrogens (tertiary/aromatic N) is 3. The quantitative estimate of drug-likeness (QED) is 0.177. The third kappa shape index (κ3) is 9.77. The lowest BCUT2D eigenvalue weighted by Crippen LogP contribution is -2.40. The number of benzene rings is 1. The van der Waals surface area contributed by atoms with E-state index in [4.69, 9.17) is 14.5 Å². The van der Waals surface area contributed by atoms with Gasteiger partial charge in [-0.25, -0.2) is 4.99 Å². The molecule has 1 aromatic carbocycles. The molecule has 0 bridgehead atoms. The Hall–Kier alpha value is -1.81. The van der Waals surface area contributed by atoms with Crippen LogP contribution in [0, 0.1) is 26.7 Å². The van der Waals surface area contributed by atoms with Gasteiger partial charge in [-0.05, 0) is 51.3 Å². The summed E-state index contributed by atoms with van der Waals surface area (Å²) in [6.45, 7) is 14.9. The Morgan fingerprint density at radius 1 is 1.16 bits per heavy atom. The molecule has 7 nitrogen and oxygen atoms in total. The van der Waals surface area contributed by atoms with Gasteiger partial charge in [-0.2, -0.15) is 5.10 Å². The fraction of sp³-hybridized carbons (Fsp3) is 0.583. The maximum Gasteiger partial charge on any atom is 0.191 e. The zero-order valence-corrected chi connectivity index (χ0v) is 22.7. The van der Waals surface area contributed by atoms with Crippen molar-refractivity contribution < 1.29 is 9.47 Å². The highest BCUT2D eigenvalue weighted by molar-refractivity contribution is 14.0. The average Bonchev–Trinajstić information content (AvgIpc) is 3.05. The predicted octanol–water partition coefficient (Wildman–Crippen LogP) is 4.23. The normalized spacial score (nSPS) is 12.2. The van der Waals surface area contributed by atoms with Crippen LogP contribution in [0.5, 0.6) is 5.75 Å². The van der Waals surface area contributed by atoms with E-state index in [9.17, 15) is 0 Å². The van der Waals surface area contributed by atoms with Gasteiger partial charge in [0, 0.05) is 51.0 Å². The molecule has 8 heteroatoms. The molecule has 2 aromatic rings. The number of aliphatic imine (C=N–C) groups is 1. The van der Waals surface area contributed by atoms with E-state index in [0.717, 1.165) is 49.0 Å². The second kappa shape index (κ2) is 15.1. The molecule has 0 aliphatic heterocycles. The van der Waals surface area contributed by atoms with Crippen molar-refractivity contribution in [3.63, 3.8) is 0 Å². The molecule has 0 radical (unpaired) electrons. The lowest BCUT2D eigenvalue weighted by atomic mass is 10.1. The van der Waals surface area contributed by atoms with Gasteiger partial charge < -0.3 is 20.1 Å². The maximum atomic E-state index is 5.99. The molecule has 2 rings (SSSR count). The molecular formula is C24H40IN5O2. The minimum Gasteiger partial charge on any atom is -0.493 e. The first-order valence-corrected chi connectivity index (χ1v) is 11.2. The van der Waals surface area contributed by atoms with Crippen molar-refractivity contribution in [3.8, 4) is 5.75 Å². The fourth-order valence-corrected chi connectivity index (χ4v) is 3.31. The second-order valence-corrected chi connectivity index (χ2v) is 8.10. The van der Waals surface area contributed by atoms with Crippen LogP contribution in [0.25, 0.3) is 0 Å². The molecule has 0 amide bonds.